The van der Waals surface area contributed by atoms with Gasteiger partial charge >= 0.3 is 0 Å². The Morgan fingerprint density at radius 3 is 2.58 bits per heavy atom. The quantitative estimate of drug-likeness (QED) is 0.157. The average molecular weight is 631 g/mol. The Balaban J connectivity index is 1.29. The van der Waals surface area contributed by atoms with Gasteiger partial charge in [0.25, 0.3) is 0 Å². The van der Waals surface area contributed by atoms with Crippen LogP contribution < -0.4 is 21.1 Å². The Bertz CT molecular complexity index is 1810. The highest BCUT2D eigenvalue weighted by Gasteiger charge is 2.29. The summed E-state index contributed by atoms with van der Waals surface area (Å²) in [5.41, 5.74) is 13.7. The zero-order valence-electron chi connectivity index (χ0n) is 26.5. The van der Waals surface area contributed by atoms with Gasteiger partial charge in [0.15, 0.2) is 9.84 Å². The molecule has 238 valence electrons. The molecule has 2 aromatic heterocycles. The van der Waals surface area contributed by atoms with Gasteiger partial charge in [0.05, 0.1) is 39.0 Å². The Morgan fingerprint density at radius 2 is 1.84 bits per heavy atom. The van der Waals surface area contributed by atoms with E-state index < -0.39 is 15.1 Å². The van der Waals surface area contributed by atoms with Gasteiger partial charge in [-0.25, -0.2) is 13.4 Å². The van der Waals surface area contributed by atoms with E-state index in [4.69, 9.17) is 20.6 Å². The number of aryl methyl sites for hydroxylation is 1. The molecule has 0 unspecified atom stereocenters. The molecule has 3 heterocycles. The predicted octanol–water partition coefficient (Wildman–Crippen LogP) is 5.46. The first-order valence-electron chi connectivity index (χ1n) is 15.6. The maximum Gasteiger partial charge on any atom is 0.229 e. The van der Waals surface area contributed by atoms with Crippen LogP contribution in [0.3, 0.4) is 0 Å². The van der Waals surface area contributed by atoms with Gasteiger partial charge in [0.2, 0.25) is 5.95 Å². The number of ether oxygens (including phenoxy) is 1. The van der Waals surface area contributed by atoms with Crippen LogP contribution in [0.15, 0.2) is 47.5 Å². The van der Waals surface area contributed by atoms with Crippen molar-refractivity contribution in [3.63, 3.8) is 0 Å². The molecular formula is C33H42N8O3S. The van der Waals surface area contributed by atoms with Crippen LogP contribution in [0.1, 0.15) is 62.9 Å². The zero-order valence-corrected chi connectivity index (χ0v) is 27.3. The Labute approximate surface area is 264 Å². The van der Waals surface area contributed by atoms with Crippen molar-refractivity contribution in [3.8, 4) is 17.0 Å². The lowest BCUT2D eigenvalue weighted by Gasteiger charge is -2.29. The normalized spacial score (nSPS) is 15.4. The molecule has 0 radical (unpaired) electrons. The number of anilines is 4. The summed E-state index contributed by atoms with van der Waals surface area (Å²) in [6, 6.07) is 11.3. The van der Waals surface area contributed by atoms with Crippen LogP contribution in [-0.2, 0) is 22.8 Å². The van der Waals surface area contributed by atoms with Crippen LogP contribution in [-0.4, -0.2) is 64.0 Å². The number of aromatic nitrogens is 4. The van der Waals surface area contributed by atoms with Crippen molar-refractivity contribution in [2.75, 3.05) is 23.7 Å². The average Bonchev–Trinajstić information content (AvgIpc) is 3.55. The highest BCUT2D eigenvalue weighted by Crippen LogP contribution is 2.43. The van der Waals surface area contributed by atoms with Gasteiger partial charge < -0.3 is 21.1 Å². The second-order valence-electron chi connectivity index (χ2n) is 12.6. The summed E-state index contributed by atoms with van der Waals surface area (Å²) in [5.74, 6) is 1.57. The van der Waals surface area contributed by atoms with Gasteiger partial charge in [-0.1, -0.05) is 12.1 Å². The van der Waals surface area contributed by atoms with Crippen LogP contribution in [0.5, 0.6) is 5.75 Å². The number of para-hydroxylation sites is 1. The topological polar surface area (TPSA) is 151 Å². The van der Waals surface area contributed by atoms with Gasteiger partial charge in [0.1, 0.15) is 11.6 Å². The number of rotatable bonds is 10. The Kier molecular flexibility index (Phi) is 8.55. The third-order valence-electron chi connectivity index (χ3n) is 8.45. The van der Waals surface area contributed by atoms with Crippen molar-refractivity contribution in [1.82, 2.24) is 25.1 Å². The molecule has 0 atom stereocenters. The SMILES string of the molecule is Cc1cnc(Nc2cc3c(cc2OC(C)C)Cc2c(CN4CCC(N)CC4)n[nH]c2-3)nc1Nc1ccccc1S(=O)(=O)C(C)C. The first kappa shape index (κ1) is 31.0. The van der Waals surface area contributed by atoms with Crippen LogP contribution in [0.2, 0.25) is 0 Å². The molecule has 12 heteroatoms. The number of aromatic amines is 1. The zero-order chi connectivity index (χ0) is 31.9. The summed E-state index contributed by atoms with van der Waals surface area (Å²) in [6.07, 6.45) is 4.48. The summed E-state index contributed by atoms with van der Waals surface area (Å²) in [7, 11) is -3.51. The summed E-state index contributed by atoms with van der Waals surface area (Å²) in [4.78, 5) is 11.9. The van der Waals surface area contributed by atoms with Crippen molar-refractivity contribution < 1.29 is 13.2 Å². The number of nitrogens with two attached hydrogens (primary N) is 1. The van der Waals surface area contributed by atoms with E-state index in [0.717, 1.165) is 67.1 Å². The van der Waals surface area contributed by atoms with E-state index in [1.165, 1.54) is 11.1 Å². The maximum atomic E-state index is 13.0. The summed E-state index contributed by atoms with van der Waals surface area (Å²) in [5, 5.41) is 14.1. The molecule has 5 N–H and O–H groups in total. The summed E-state index contributed by atoms with van der Waals surface area (Å²) >= 11 is 0. The molecule has 11 nitrogen and oxygen atoms in total. The highest BCUT2D eigenvalue weighted by atomic mass is 32.2. The van der Waals surface area contributed by atoms with Crippen molar-refractivity contribution in [1.29, 1.82) is 0 Å². The predicted molar refractivity (Wildman–Crippen MR) is 177 cm³/mol. The molecule has 1 fully saturated rings. The number of hydrogen-bond donors (Lipinski definition) is 4. The monoisotopic (exact) mass is 630 g/mol. The fourth-order valence-corrected chi connectivity index (χ4v) is 7.06. The summed E-state index contributed by atoms with van der Waals surface area (Å²) in [6.45, 7) is 12.0. The number of piperidine rings is 1. The van der Waals surface area contributed by atoms with E-state index in [1.807, 2.05) is 20.8 Å². The van der Waals surface area contributed by atoms with Crippen molar-refractivity contribution in [3.05, 3.63) is 65.0 Å². The molecule has 6 rings (SSSR count). The number of nitrogens with zero attached hydrogens (tertiary/aromatic N) is 4. The smallest absolute Gasteiger partial charge is 0.229 e. The number of likely N-dealkylation sites (tertiary alicyclic amines) is 1. The van der Waals surface area contributed by atoms with E-state index in [2.05, 4.69) is 37.7 Å². The number of hydrogen-bond acceptors (Lipinski definition) is 10. The van der Waals surface area contributed by atoms with Gasteiger partial charge in [-0.15, -0.1) is 0 Å². The van der Waals surface area contributed by atoms with Crippen LogP contribution in [0, 0.1) is 6.92 Å². The van der Waals surface area contributed by atoms with E-state index >= 15 is 0 Å². The van der Waals surface area contributed by atoms with E-state index in [0.29, 0.717) is 29.2 Å². The lowest BCUT2D eigenvalue weighted by Crippen LogP contribution is -2.39. The molecule has 1 aliphatic carbocycles. The third kappa shape index (κ3) is 6.40. The van der Waals surface area contributed by atoms with Gasteiger partial charge in [-0.2, -0.15) is 10.1 Å². The molecule has 1 saturated heterocycles. The Morgan fingerprint density at radius 1 is 1.09 bits per heavy atom. The minimum Gasteiger partial charge on any atom is -0.489 e. The van der Waals surface area contributed by atoms with Gasteiger partial charge in [-0.3, -0.25) is 10.00 Å². The first-order chi connectivity index (χ1) is 21.5. The Hall–Kier alpha value is -4.00. The lowest BCUT2D eigenvalue weighted by molar-refractivity contribution is 0.203. The molecule has 45 heavy (non-hydrogen) atoms. The first-order valence-corrected chi connectivity index (χ1v) is 17.1. The molecule has 0 spiro atoms. The molecular weight excluding hydrogens is 588 g/mol. The standard InChI is InChI=1S/C33H42N8O3S/c1-19(2)44-29-15-22-14-25-28(18-41-12-10-23(34)11-13-41)39-40-31(25)24(22)16-27(29)37-33-35-17-21(5)32(38-33)36-26-8-6-7-9-30(26)45(42,43)20(3)4/h6-9,15-17,19-20,23H,10-14,18,34H2,1-5H3,(H,39,40)(H2,35,36,37,38). The maximum absolute atomic E-state index is 13.0. The molecule has 0 saturated carbocycles. The molecule has 2 aliphatic rings. The third-order valence-corrected chi connectivity index (χ3v) is 10.7. The molecule has 0 amide bonds. The van der Waals surface area contributed by atoms with E-state index in [9.17, 15) is 8.42 Å². The summed E-state index contributed by atoms with van der Waals surface area (Å²) < 4.78 is 32.3. The fourth-order valence-electron chi connectivity index (χ4n) is 5.86. The largest absolute Gasteiger partial charge is 0.489 e. The fraction of sp³-hybridized carbons (Fsp3) is 0.424. The minimum atomic E-state index is -3.51. The van der Waals surface area contributed by atoms with E-state index in [1.54, 1.807) is 44.3 Å². The number of fused-ring (bicyclic) bond motifs is 3. The molecule has 4 aromatic rings. The van der Waals surface area contributed by atoms with Crippen molar-refractivity contribution >= 4 is 33.0 Å². The minimum absolute atomic E-state index is 0.0406. The highest BCUT2D eigenvalue weighted by molar-refractivity contribution is 7.92. The van der Waals surface area contributed by atoms with Gasteiger partial charge in [-0.05, 0) is 77.3 Å². The number of sulfone groups is 1. The van der Waals surface area contributed by atoms with E-state index in [-0.39, 0.29) is 11.0 Å². The van der Waals surface area contributed by atoms with Gasteiger partial charge in [0, 0.05) is 55.0 Å². The van der Waals surface area contributed by atoms with Crippen molar-refractivity contribution in [2.45, 2.75) is 82.7 Å². The van der Waals surface area contributed by atoms with Crippen molar-refractivity contribution in [2.24, 2.45) is 5.73 Å². The second kappa shape index (κ2) is 12.4. The molecule has 1 aliphatic heterocycles. The number of benzene rings is 2. The van der Waals surface area contributed by atoms with Crippen LogP contribution >= 0.6 is 0 Å². The number of H-pyrrole nitrogens is 1. The van der Waals surface area contributed by atoms with Crippen LogP contribution in [0.4, 0.5) is 23.1 Å². The number of nitrogens with one attached hydrogen (secondary N) is 3. The molecule has 2 aromatic carbocycles. The lowest BCUT2D eigenvalue weighted by atomic mass is 10.1. The van der Waals surface area contributed by atoms with Crippen LogP contribution in [0.25, 0.3) is 11.3 Å². The second-order valence-corrected chi connectivity index (χ2v) is 15.0. The molecule has 0 bridgehead atoms.